The number of methoxy groups -OCH3 is 1. The third-order valence-corrected chi connectivity index (χ3v) is 3.43. The Labute approximate surface area is 133 Å². The number of nitrogens with two attached hydrogens (primary N) is 1. The van der Waals surface area contributed by atoms with E-state index in [0.717, 1.165) is 0 Å². The molecule has 0 spiro atoms. The number of ether oxygens (including phenoxy) is 3. The summed E-state index contributed by atoms with van der Waals surface area (Å²) in [4.78, 5) is 24.5. The van der Waals surface area contributed by atoms with Crippen molar-refractivity contribution < 1.29 is 28.2 Å². The lowest BCUT2D eigenvalue weighted by atomic mass is 9.86. The fourth-order valence-electron chi connectivity index (χ4n) is 2.46. The van der Waals surface area contributed by atoms with Crippen molar-refractivity contribution in [3.63, 3.8) is 0 Å². The van der Waals surface area contributed by atoms with Gasteiger partial charge in [0.05, 0.1) is 25.2 Å². The number of rotatable bonds is 4. The largest absolute Gasteiger partial charge is 0.465 e. The van der Waals surface area contributed by atoms with Gasteiger partial charge in [-0.3, -0.25) is 0 Å². The van der Waals surface area contributed by atoms with Crippen LogP contribution in [0.2, 0.25) is 0 Å². The second kappa shape index (κ2) is 6.60. The van der Waals surface area contributed by atoms with Gasteiger partial charge in [0.1, 0.15) is 22.9 Å². The highest BCUT2D eigenvalue weighted by Crippen LogP contribution is 2.40. The van der Waals surface area contributed by atoms with Crippen molar-refractivity contribution in [3.05, 3.63) is 46.4 Å². The summed E-state index contributed by atoms with van der Waals surface area (Å²) in [5.41, 5.74) is 6.02. The van der Waals surface area contributed by atoms with E-state index in [4.69, 9.17) is 24.4 Å². The van der Waals surface area contributed by atoms with Crippen molar-refractivity contribution in [2.45, 2.75) is 26.7 Å². The Kier molecular flexibility index (Phi) is 4.78. The van der Waals surface area contributed by atoms with Crippen LogP contribution in [0.15, 0.2) is 39.3 Å². The molecular weight excluding hydrogens is 302 g/mol. The molecule has 0 saturated heterocycles. The number of carbonyl (C=O) groups excluding carboxylic acids is 2. The maximum Gasteiger partial charge on any atom is 0.340 e. The predicted octanol–water partition coefficient (Wildman–Crippen LogP) is 1.88. The molecule has 0 aromatic carbocycles. The van der Waals surface area contributed by atoms with Gasteiger partial charge in [0.15, 0.2) is 0 Å². The van der Waals surface area contributed by atoms with Gasteiger partial charge in [-0.2, -0.15) is 0 Å². The predicted molar refractivity (Wildman–Crippen MR) is 79.8 cm³/mol. The second-order valence-electron chi connectivity index (χ2n) is 4.94. The molecule has 1 atom stereocenters. The first kappa shape index (κ1) is 16.7. The van der Waals surface area contributed by atoms with Gasteiger partial charge < -0.3 is 24.4 Å². The van der Waals surface area contributed by atoms with E-state index >= 15 is 0 Å². The Balaban J connectivity index is 2.61. The Bertz CT molecular complexity index is 697. The van der Waals surface area contributed by atoms with E-state index in [1.165, 1.54) is 7.11 Å². The molecule has 0 amide bonds. The topological polar surface area (TPSA) is 101 Å². The average Bonchev–Trinajstić information content (AvgIpc) is 2.92. The minimum Gasteiger partial charge on any atom is -0.465 e. The maximum atomic E-state index is 12.3. The van der Waals surface area contributed by atoms with Crippen molar-refractivity contribution >= 4 is 11.9 Å². The number of furan rings is 1. The highest BCUT2D eigenvalue weighted by molar-refractivity contribution is 5.99. The van der Waals surface area contributed by atoms with Gasteiger partial charge in [0.2, 0.25) is 5.88 Å². The zero-order chi connectivity index (χ0) is 17.1. The van der Waals surface area contributed by atoms with E-state index < -0.39 is 17.9 Å². The van der Waals surface area contributed by atoms with Gasteiger partial charge in [0.25, 0.3) is 0 Å². The van der Waals surface area contributed by atoms with E-state index in [1.54, 1.807) is 32.9 Å². The molecule has 0 radical (unpaired) electrons. The molecule has 124 valence electrons. The molecule has 0 saturated carbocycles. The summed E-state index contributed by atoms with van der Waals surface area (Å²) in [6, 6.07) is 3.40. The lowest BCUT2D eigenvalue weighted by molar-refractivity contribution is -0.139. The van der Waals surface area contributed by atoms with Crippen LogP contribution in [0.25, 0.3) is 0 Å². The second-order valence-corrected chi connectivity index (χ2v) is 4.94. The van der Waals surface area contributed by atoms with E-state index in [0.29, 0.717) is 11.5 Å². The van der Waals surface area contributed by atoms with E-state index in [1.807, 2.05) is 0 Å². The molecule has 1 aromatic heterocycles. The molecule has 2 heterocycles. The fourth-order valence-corrected chi connectivity index (χ4v) is 2.46. The summed E-state index contributed by atoms with van der Waals surface area (Å²) in [7, 11) is 1.22. The monoisotopic (exact) mass is 321 g/mol. The van der Waals surface area contributed by atoms with Gasteiger partial charge >= 0.3 is 11.9 Å². The first-order chi connectivity index (χ1) is 10.9. The average molecular weight is 321 g/mol. The van der Waals surface area contributed by atoms with Crippen LogP contribution in [0.3, 0.4) is 0 Å². The third-order valence-electron chi connectivity index (χ3n) is 3.43. The van der Waals surface area contributed by atoms with Crippen molar-refractivity contribution in [3.8, 4) is 0 Å². The molecule has 0 aliphatic carbocycles. The molecule has 1 aliphatic heterocycles. The van der Waals surface area contributed by atoms with Crippen LogP contribution in [0.4, 0.5) is 0 Å². The summed E-state index contributed by atoms with van der Waals surface area (Å²) in [6.07, 6.45) is 0. The lowest BCUT2D eigenvalue weighted by Gasteiger charge is -2.26. The summed E-state index contributed by atoms with van der Waals surface area (Å²) in [5.74, 6) is -0.987. The summed E-state index contributed by atoms with van der Waals surface area (Å²) < 4.78 is 20.8. The summed E-state index contributed by atoms with van der Waals surface area (Å²) in [6.45, 7) is 5.21. The Morgan fingerprint density at radius 3 is 2.43 bits per heavy atom. The van der Waals surface area contributed by atoms with Crippen LogP contribution in [0.5, 0.6) is 0 Å². The van der Waals surface area contributed by atoms with Crippen LogP contribution in [0, 0.1) is 6.92 Å². The van der Waals surface area contributed by atoms with Gasteiger partial charge in [0, 0.05) is 0 Å². The normalized spacial score (nSPS) is 17.8. The van der Waals surface area contributed by atoms with Crippen LogP contribution >= 0.6 is 0 Å². The quantitative estimate of drug-likeness (QED) is 0.845. The molecule has 0 bridgehead atoms. The van der Waals surface area contributed by atoms with Crippen molar-refractivity contribution in [1.29, 1.82) is 0 Å². The van der Waals surface area contributed by atoms with E-state index in [9.17, 15) is 9.59 Å². The Hall–Kier alpha value is -2.70. The van der Waals surface area contributed by atoms with E-state index in [-0.39, 0.29) is 29.4 Å². The lowest BCUT2D eigenvalue weighted by Crippen LogP contribution is -2.29. The Morgan fingerprint density at radius 1 is 1.22 bits per heavy atom. The Morgan fingerprint density at radius 2 is 1.91 bits per heavy atom. The number of esters is 2. The molecule has 0 fully saturated rings. The molecule has 1 aliphatic rings. The van der Waals surface area contributed by atoms with Crippen LogP contribution < -0.4 is 5.73 Å². The van der Waals surface area contributed by atoms with Crippen LogP contribution in [-0.4, -0.2) is 25.7 Å². The van der Waals surface area contributed by atoms with Gasteiger partial charge in [-0.15, -0.1) is 0 Å². The molecular formula is C16H19NO6. The van der Waals surface area contributed by atoms with Crippen molar-refractivity contribution in [2.75, 3.05) is 13.7 Å². The van der Waals surface area contributed by atoms with Crippen molar-refractivity contribution in [1.82, 2.24) is 0 Å². The molecule has 7 heteroatoms. The molecule has 2 rings (SSSR count). The zero-order valence-corrected chi connectivity index (χ0v) is 13.5. The minimum atomic E-state index is -0.844. The number of aryl methyl sites for hydroxylation is 1. The zero-order valence-electron chi connectivity index (χ0n) is 13.5. The first-order valence-corrected chi connectivity index (χ1v) is 7.10. The van der Waals surface area contributed by atoms with Gasteiger partial charge in [-0.25, -0.2) is 9.59 Å². The SMILES string of the molecule is CCOC(=O)C1=C(C)OC(N)=C(C(=O)OC)[C@@H]1c1ccc(C)o1. The highest BCUT2D eigenvalue weighted by Gasteiger charge is 2.41. The first-order valence-electron chi connectivity index (χ1n) is 7.10. The van der Waals surface area contributed by atoms with Crippen LogP contribution in [-0.2, 0) is 23.8 Å². The highest BCUT2D eigenvalue weighted by atomic mass is 16.5. The maximum absolute atomic E-state index is 12.3. The number of allylic oxidation sites excluding steroid dienone is 1. The number of carbonyl (C=O) groups is 2. The summed E-state index contributed by atoms with van der Waals surface area (Å²) >= 11 is 0. The van der Waals surface area contributed by atoms with Gasteiger partial charge in [-0.05, 0) is 32.9 Å². The standard InChI is InChI=1S/C16H19NO6/c1-5-21-16(19)11-9(3)23-14(17)13(15(18)20-4)12(11)10-7-6-8(2)22-10/h6-7,12H,5,17H2,1-4H3/t12-/m1/s1. The van der Waals surface area contributed by atoms with Crippen LogP contribution in [0.1, 0.15) is 31.3 Å². The van der Waals surface area contributed by atoms with E-state index in [2.05, 4.69) is 0 Å². The molecule has 2 N–H and O–H groups in total. The third kappa shape index (κ3) is 3.08. The fraction of sp³-hybridized carbons (Fsp3) is 0.375. The molecule has 1 aromatic rings. The minimum absolute atomic E-state index is 0.00973. The number of hydrogen-bond acceptors (Lipinski definition) is 7. The van der Waals surface area contributed by atoms with Crippen molar-refractivity contribution in [2.24, 2.45) is 5.73 Å². The molecule has 23 heavy (non-hydrogen) atoms. The smallest absolute Gasteiger partial charge is 0.340 e. The number of hydrogen-bond donors (Lipinski definition) is 1. The molecule has 0 unspecified atom stereocenters. The van der Waals surface area contributed by atoms with Gasteiger partial charge in [-0.1, -0.05) is 0 Å². The molecule has 7 nitrogen and oxygen atoms in total. The summed E-state index contributed by atoms with van der Waals surface area (Å²) in [5, 5.41) is 0.